The zero-order valence-corrected chi connectivity index (χ0v) is 10.9. The second-order valence-corrected chi connectivity index (χ2v) is 4.17. The minimum atomic E-state index is -0.502. The van der Waals surface area contributed by atoms with E-state index in [4.69, 9.17) is 16.7 Å². The first-order chi connectivity index (χ1) is 9.60. The highest BCUT2D eigenvalue weighted by molar-refractivity contribution is 6.33. The molecule has 2 rings (SSSR count). The summed E-state index contributed by atoms with van der Waals surface area (Å²) in [5, 5.41) is 11.5. The lowest BCUT2D eigenvalue weighted by Crippen LogP contribution is -2.14. The summed E-state index contributed by atoms with van der Waals surface area (Å²) >= 11 is 5.97. The van der Waals surface area contributed by atoms with Gasteiger partial charge in [0.05, 0.1) is 10.7 Å². The number of hydrogen-bond donors (Lipinski definition) is 4. The Morgan fingerprint density at radius 2 is 2.25 bits per heavy atom. The van der Waals surface area contributed by atoms with E-state index < -0.39 is 11.6 Å². The van der Waals surface area contributed by atoms with E-state index in [1.165, 1.54) is 6.20 Å². The van der Waals surface area contributed by atoms with Crippen molar-refractivity contribution in [3.05, 3.63) is 51.2 Å². The lowest BCUT2D eigenvalue weighted by molar-refractivity contribution is 0.102. The molecule has 1 aromatic carbocycles. The number of aliphatic hydroxyl groups is 1. The number of H-pyrrole nitrogens is 2. The Kier molecular flexibility index (Phi) is 4.25. The molecule has 0 radical (unpaired) electrons. The van der Waals surface area contributed by atoms with Crippen LogP contribution >= 0.6 is 11.6 Å². The SMILES string of the molecule is O=C(Nc1cc(C#CCO)ccc1Cl)c1c[nH]c(=O)[nH]1. The molecule has 0 saturated carbocycles. The average molecular weight is 292 g/mol. The minimum absolute atomic E-state index is 0.0953. The molecule has 0 saturated heterocycles. The van der Waals surface area contributed by atoms with E-state index in [0.717, 1.165) is 0 Å². The van der Waals surface area contributed by atoms with E-state index >= 15 is 0 Å². The maximum absolute atomic E-state index is 11.9. The summed E-state index contributed by atoms with van der Waals surface area (Å²) in [7, 11) is 0. The zero-order chi connectivity index (χ0) is 14.5. The van der Waals surface area contributed by atoms with Gasteiger partial charge in [-0.2, -0.15) is 0 Å². The van der Waals surface area contributed by atoms with Gasteiger partial charge in [-0.05, 0) is 18.2 Å². The van der Waals surface area contributed by atoms with Gasteiger partial charge >= 0.3 is 5.69 Å². The standard InChI is InChI=1S/C13H10ClN3O3/c14-9-4-3-8(2-1-5-18)6-10(9)16-12(19)11-7-15-13(20)17-11/h3-4,6-7,18H,5H2,(H,16,19)(H2,15,17,20). The topological polar surface area (TPSA) is 98.0 Å². The molecule has 0 aliphatic rings. The van der Waals surface area contributed by atoms with Crippen molar-refractivity contribution in [1.82, 2.24) is 9.97 Å². The van der Waals surface area contributed by atoms with Crippen molar-refractivity contribution in [2.45, 2.75) is 0 Å². The lowest BCUT2D eigenvalue weighted by Gasteiger charge is -2.06. The van der Waals surface area contributed by atoms with Crippen LogP contribution in [0, 0.1) is 11.8 Å². The van der Waals surface area contributed by atoms with Crippen molar-refractivity contribution >= 4 is 23.2 Å². The van der Waals surface area contributed by atoms with Crippen molar-refractivity contribution in [2.24, 2.45) is 0 Å². The molecular formula is C13H10ClN3O3. The van der Waals surface area contributed by atoms with Gasteiger partial charge in [-0.1, -0.05) is 23.4 Å². The van der Waals surface area contributed by atoms with Crippen molar-refractivity contribution in [3.8, 4) is 11.8 Å². The molecule has 0 unspecified atom stereocenters. The van der Waals surface area contributed by atoms with E-state index in [1.54, 1.807) is 18.2 Å². The maximum atomic E-state index is 11.9. The van der Waals surface area contributed by atoms with Gasteiger partial charge in [0.2, 0.25) is 0 Å². The minimum Gasteiger partial charge on any atom is -0.384 e. The van der Waals surface area contributed by atoms with E-state index in [1.807, 2.05) is 0 Å². The van der Waals surface area contributed by atoms with Crippen LogP contribution < -0.4 is 11.0 Å². The quantitative estimate of drug-likeness (QED) is 0.620. The van der Waals surface area contributed by atoms with Crippen LogP contribution in [0.5, 0.6) is 0 Å². The highest BCUT2D eigenvalue weighted by atomic mass is 35.5. The fourth-order valence-electron chi connectivity index (χ4n) is 1.48. The monoisotopic (exact) mass is 291 g/mol. The third-order valence-corrected chi connectivity index (χ3v) is 2.70. The van der Waals surface area contributed by atoms with Crippen LogP contribution in [-0.2, 0) is 0 Å². The summed E-state index contributed by atoms with van der Waals surface area (Å²) in [5.41, 5.74) is 0.589. The molecular weight excluding hydrogens is 282 g/mol. The molecule has 1 amide bonds. The third kappa shape index (κ3) is 3.29. The Labute approximate surface area is 118 Å². The van der Waals surface area contributed by atoms with Gasteiger partial charge < -0.3 is 20.4 Å². The van der Waals surface area contributed by atoms with Gasteiger partial charge in [-0.15, -0.1) is 0 Å². The number of halogens is 1. The summed E-state index contributed by atoms with van der Waals surface area (Å²) in [5.74, 6) is 4.70. The zero-order valence-electron chi connectivity index (χ0n) is 10.2. The van der Waals surface area contributed by atoms with Gasteiger partial charge in [0.15, 0.2) is 0 Å². The molecule has 0 spiro atoms. The van der Waals surface area contributed by atoms with Gasteiger partial charge in [-0.25, -0.2) is 4.79 Å². The Balaban J connectivity index is 2.24. The molecule has 1 heterocycles. The highest BCUT2D eigenvalue weighted by Crippen LogP contribution is 2.23. The predicted molar refractivity (Wildman–Crippen MR) is 74.8 cm³/mol. The van der Waals surface area contributed by atoms with Crippen LogP contribution in [0.4, 0.5) is 5.69 Å². The van der Waals surface area contributed by atoms with Crippen LogP contribution in [0.3, 0.4) is 0 Å². The number of imidazole rings is 1. The smallest absolute Gasteiger partial charge is 0.323 e. The summed E-state index contributed by atoms with van der Waals surface area (Å²) in [4.78, 5) is 27.5. The van der Waals surface area contributed by atoms with E-state index in [0.29, 0.717) is 16.3 Å². The predicted octanol–water partition coefficient (Wildman–Crippen LogP) is 0.952. The van der Waals surface area contributed by atoms with Crippen molar-refractivity contribution < 1.29 is 9.90 Å². The molecule has 7 heteroatoms. The normalized spacial score (nSPS) is 9.70. The Morgan fingerprint density at radius 3 is 2.90 bits per heavy atom. The number of amides is 1. The van der Waals surface area contributed by atoms with Crippen molar-refractivity contribution in [2.75, 3.05) is 11.9 Å². The number of hydrogen-bond acceptors (Lipinski definition) is 3. The molecule has 0 fully saturated rings. The summed E-state index contributed by atoms with van der Waals surface area (Å²) < 4.78 is 0. The van der Waals surface area contributed by atoms with Crippen LogP contribution in [0.2, 0.25) is 5.02 Å². The summed E-state index contributed by atoms with van der Waals surface area (Å²) in [6.07, 6.45) is 1.26. The van der Waals surface area contributed by atoms with Crippen LogP contribution in [0.15, 0.2) is 29.2 Å². The first-order valence-electron chi connectivity index (χ1n) is 5.58. The first kappa shape index (κ1) is 13.9. The Bertz CT molecular complexity index is 752. The van der Waals surface area contributed by atoms with Crippen molar-refractivity contribution in [3.63, 3.8) is 0 Å². The summed E-state index contributed by atoms with van der Waals surface area (Å²) in [6, 6.07) is 4.82. The second kappa shape index (κ2) is 6.10. The Hall–Kier alpha value is -2.49. The molecule has 0 atom stereocenters. The largest absolute Gasteiger partial charge is 0.384 e. The summed E-state index contributed by atoms with van der Waals surface area (Å²) in [6.45, 7) is -0.255. The molecule has 0 bridgehead atoms. The molecule has 4 N–H and O–H groups in total. The number of aromatic nitrogens is 2. The van der Waals surface area contributed by atoms with E-state index in [9.17, 15) is 9.59 Å². The Morgan fingerprint density at radius 1 is 1.45 bits per heavy atom. The van der Waals surface area contributed by atoms with E-state index in [-0.39, 0.29) is 12.3 Å². The molecule has 6 nitrogen and oxygen atoms in total. The van der Waals surface area contributed by atoms with Crippen molar-refractivity contribution in [1.29, 1.82) is 0 Å². The number of benzene rings is 1. The molecule has 20 heavy (non-hydrogen) atoms. The first-order valence-corrected chi connectivity index (χ1v) is 5.96. The number of aliphatic hydroxyl groups excluding tert-OH is 1. The number of aromatic amines is 2. The molecule has 2 aromatic rings. The fraction of sp³-hybridized carbons (Fsp3) is 0.0769. The lowest BCUT2D eigenvalue weighted by atomic mass is 10.2. The number of carbonyl (C=O) groups is 1. The van der Waals surface area contributed by atoms with Crippen LogP contribution in [0.25, 0.3) is 0 Å². The molecule has 102 valence electrons. The number of carbonyl (C=O) groups excluding carboxylic acids is 1. The van der Waals surface area contributed by atoms with Gasteiger partial charge in [0, 0.05) is 11.8 Å². The average Bonchev–Trinajstić information content (AvgIpc) is 2.86. The molecule has 0 aliphatic carbocycles. The number of rotatable bonds is 2. The maximum Gasteiger partial charge on any atom is 0.323 e. The van der Waals surface area contributed by atoms with E-state index in [2.05, 4.69) is 27.1 Å². The number of nitrogens with one attached hydrogen (secondary N) is 3. The van der Waals surface area contributed by atoms with Gasteiger partial charge in [0.25, 0.3) is 5.91 Å². The number of anilines is 1. The fourth-order valence-corrected chi connectivity index (χ4v) is 1.65. The molecule has 1 aromatic heterocycles. The van der Waals surface area contributed by atoms with Crippen LogP contribution in [0.1, 0.15) is 16.1 Å². The van der Waals surface area contributed by atoms with Crippen LogP contribution in [-0.4, -0.2) is 27.6 Å². The molecule has 0 aliphatic heterocycles. The van der Waals surface area contributed by atoms with Gasteiger partial charge in [-0.3, -0.25) is 4.79 Å². The highest BCUT2D eigenvalue weighted by Gasteiger charge is 2.10. The van der Waals surface area contributed by atoms with Gasteiger partial charge in [0.1, 0.15) is 12.3 Å². The second-order valence-electron chi connectivity index (χ2n) is 3.77. The third-order valence-electron chi connectivity index (χ3n) is 2.37.